The fourth-order valence-electron chi connectivity index (χ4n) is 5.28. The Labute approximate surface area is 238 Å². The van der Waals surface area contributed by atoms with Gasteiger partial charge in [0.15, 0.2) is 5.11 Å². The van der Waals surface area contributed by atoms with Crippen molar-refractivity contribution >= 4 is 57.8 Å². The fourth-order valence-corrected chi connectivity index (χ4v) is 5.63. The van der Waals surface area contributed by atoms with Crippen molar-refractivity contribution < 1.29 is 23.9 Å². The highest BCUT2D eigenvalue weighted by molar-refractivity contribution is 7.80. The second-order valence-corrected chi connectivity index (χ2v) is 10.2. The molecule has 0 unspecified atom stereocenters. The third-order valence-electron chi connectivity index (χ3n) is 7.20. The lowest BCUT2D eigenvalue weighted by atomic mass is 10.1. The quantitative estimate of drug-likeness (QED) is 0.238. The minimum absolute atomic E-state index is 0.0426. The van der Waals surface area contributed by atoms with Gasteiger partial charge in [0.25, 0.3) is 5.91 Å². The molecule has 5 rings (SSSR count). The number of carbonyl (C=O) groups excluding carboxylic acids is 3. The van der Waals surface area contributed by atoms with E-state index in [1.807, 2.05) is 42.0 Å². The molecule has 40 heavy (non-hydrogen) atoms. The van der Waals surface area contributed by atoms with Crippen molar-refractivity contribution in [2.24, 2.45) is 0 Å². The van der Waals surface area contributed by atoms with E-state index in [1.165, 1.54) is 16.9 Å². The van der Waals surface area contributed by atoms with Crippen LogP contribution in [0, 0.1) is 0 Å². The lowest BCUT2D eigenvalue weighted by Gasteiger charge is -2.19. The number of hydrogen-bond donors (Lipinski definition) is 1. The highest BCUT2D eigenvalue weighted by Gasteiger charge is 2.40. The van der Waals surface area contributed by atoms with E-state index in [2.05, 4.69) is 5.32 Å². The Morgan fingerprint density at radius 2 is 1.80 bits per heavy atom. The summed E-state index contributed by atoms with van der Waals surface area (Å²) < 4.78 is 12.3. The molecule has 0 radical (unpaired) electrons. The maximum atomic E-state index is 13.8. The Morgan fingerprint density at radius 1 is 1.07 bits per heavy atom. The first kappa shape index (κ1) is 27.4. The van der Waals surface area contributed by atoms with Gasteiger partial charge in [-0.3, -0.25) is 19.3 Å². The lowest BCUT2D eigenvalue weighted by molar-refractivity contribution is -0.140. The zero-order valence-electron chi connectivity index (χ0n) is 22.6. The van der Waals surface area contributed by atoms with Crippen LogP contribution in [0.5, 0.6) is 5.75 Å². The van der Waals surface area contributed by atoms with Crippen LogP contribution in [0.25, 0.3) is 17.0 Å². The smallest absolute Gasteiger partial charge is 0.325 e. The van der Waals surface area contributed by atoms with Gasteiger partial charge in [0.05, 0.1) is 19.4 Å². The molecule has 1 saturated heterocycles. The van der Waals surface area contributed by atoms with Crippen molar-refractivity contribution in [2.45, 2.75) is 45.2 Å². The van der Waals surface area contributed by atoms with Crippen LogP contribution in [0.3, 0.4) is 0 Å². The van der Waals surface area contributed by atoms with Crippen molar-refractivity contribution in [3.8, 4) is 5.75 Å². The molecule has 0 spiro atoms. The van der Waals surface area contributed by atoms with E-state index in [1.54, 1.807) is 30.3 Å². The summed E-state index contributed by atoms with van der Waals surface area (Å²) in [4.78, 5) is 41.8. The van der Waals surface area contributed by atoms with Crippen molar-refractivity contribution in [2.75, 3.05) is 25.2 Å². The van der Waals surface area contributed by atoms with Crippen LogP contribution >= 0.6 is 12.2 Å². The van der Waals surface area contributed by atoms with Gasteiger partial charge in [0, 0.05) is 28.7 Å². The molecule has 2 heterocycles. The van der Waals surface area contributed by atoms with Gasteiger partial charge < -0.3 is 24.3 Å². The van der Waals surface area contributed by atoms with Crippen LogP contribution in [-0.4, -0.2) is 58.7 Å². The fraction of sp³-hybridized carbons (Fsp3) is 0.333. The topological polar surface area (TPSA) is 93.1 Å². The third-order valence-corrected chi connectivity index (χ3v) is 7.60. The molecule has 2 aliphatic rings. The molecule has 208 valence electrons. The minimum Gasteiger partial charge on any atom is -0.494 e. The predicted octanol–water partition coefficient (Wildman–Crippen LogP) is 4.25. The largest absolute Gasteiger partial charge is 0.494 e. The Hall–Kier alpha value is -4.18. The molecule has 2 amide bonds. The van der Waals surface area contributed by atoms with Gasteiger partial charge in [-0.05, 0) is 68.4 Å². The average Bonchev–Trinajstić information content (AvgIpc) is 3.64. The number of para-hydroxylation sites is 1. The summed E-state index contributed by atoms with van der Waals surface area (Å²) in [5.74, 6) is -0.260. The number of nitrogens with zero attached hydrogens (tertiary/aromatic N) is 3. The zero-order chi connectivity index (χ0) is 28.2. The van der Waals surface area contributed by atoms with Gasteiger partial charge in [-0.1, -0.05) is 31.0 Å². The van der Waals surface area contributed by atoms with Gasteiger partial charge in [-0.25, -0.2) is 0 Å². The number of thiocarbonyl (C=S) groups is 1. The van der Waals surface area contributed by atoms with Crippen LogP contribution in [0.4, 0.5) is 5.69 Å². The Kier molecular flexibility index (Phi) is 8.16. The molecule has 1 aliphatic carbocycles. The van der Waals surface area contributed by atoms with Gasteiger partial charge in [-0.15, -0.1) is 0 Å². The number of rotatable bonds is 9. The maximum Gasteiger partial charge on any atom is 0.325 e. The van der Waals surface area contributed by atoms with E-state index < -0.39 is 5.97 Å². The highest BCUT2D eigenvalue weighted by atomic mass is 32.1. The molecule has 2 fully saturated rings. The number of aromatic nitrogens is 1. The van der Waals surface area contributed by atoms with Gasteiger partial charge >= 0.3 is 5.97 Å². The summed E-state index contributed by atoms with van der Waals surface area (Å²) in [6, 6.07) is 15.0. The summed E-state index contributed by atoms with van der Waals surface area (Å²) in [6.45, 7) is 2.36. The average molecular weight is 561 g/mol. The number of amides is 2. The van der Waals surface area contributed by atoms with E-state index in [4.69, 9.17) is 21.7 Å². The number of ether oxygens (including phenoxy) is 2. The number of benzene rings is 2. The number of fused-ring (bicyclic) bond motifs is 1. The van der Waals surface area contributed by atoms with Crippen molar-refractivity contribution in [1.29, 1.82) is 0 Å². The second-order valence-electron chi connectivity index (χ2n) is 9.82. The van der Waals surface area contributed by atoms with Crippen LogP contribution in [0.1, 0.15) is 38.2 Å². The monoisotopic (exact) mass is 560 g/mol. The molecule has 10 heteroatoms. The third kappa shape index (κ3) is 5.58. The molecule has 1 aliphatic heterocycles. The van der Waals surface area contributed by atoms with Crippen molar-refractivity contribution in [3.05, 3.63) is 66.0 Å². The first-order valence-corrected chi connectivity index (χ1v) is 13.8. The van der Waals surface area contributed by atoms with Gasteiger partial charge in [0.2, 0.25) is 5.91 Å². The second kappa shape index (κ2) is 11.9. The summed E-state index contributed by atoms with van der Waals surface area (Å²) in [6.07, 6.45) is 7.89. The molecule has 2 aromatic carbocycles. The van der Waals surface area contributed by atoms with Crippen molar-refractivity contribution in [3.63, 3.8) is 0 Å². The Bertz CT molecular complexity index is 1470. The molecular formula is C30H32N4O5S. The first-order valence-electron chi connectivity index (χ1n) is 13.4. The summed E-state index contributed by atoms with van der Waals surface area (Å²) in [5.41, 5.74) is 2.40. The van der Waals surface area contributed by atoms with Crippen LogP contribution in [-0.2, 0) is 25.7 Å². The maximum absolute atomic E-state index is 13.8. The Balaban J connectivity index is 1.50. The zero-order valence-corrected chi connectivity index (χ0v) is 23.4. The number of carbonyl (C=O) groups is 3. The van der Waals surface area contributed by atoms with E-state index >= 15 is 0 Å². The van der Waals surface area contributed by atoms with Crippen molar-refractivity contribution in [1.82, 2.24) is 14.8 Å². The molecule has 1 saturated carbocycles. The predicted molar refractivity (Wildman–Crippen MR) is 157 cm³/mol. The highest BCUT2D eigenvalue weighted by Crippen LogP contribution is 2.32. The van der Waals surface area contributed by atoms with Gasteiger partial charge in [0.1, 0.15) is 24.5 Å². The van der Waals surface area contributed by atoms with Crippen LogP contribution in [0.15, 0.2) is 60.4 Å². The first-order chi connectivity index (χ1) is 19.4. The number of esters is 1. The summed E-state index contributed by atoms with van der Waals surface area (Å²) in [5, 5.41) is 4.18. The van der Waals surface area contributed by atoms with E-state index in [9.17, 15) is 14.4 Å². The van der Waals surface area contributed by atoms with Crippen LogP contribution in [0.2, 0.25) is 0 Å². The van der Waals surface area contributed by atoms with E-state index in [0.717, 1.165) is 42.1 Å². The lowest BCUT2D eigenvalue weighted by Crippen LogP contribution is -2.35. The Morgan fingerprint density at radius 3 is 2.50 bits per heavy atom. The molecule has 3 aromatic rings. The molecule has 0 atom stereocenters. The number of nitrogens with one attached hydrogen (secondary N) is 1. The molecule has 1 aromatic heterocycles. The molecular weight excluding hydrogens is 528 g/mol. The summed E-state index contributed by atoms with van der Waals surface area (Å²) in [7, 11) is 1.29. The SMILES string of the molecule is CCOc1ccc(N2C(=O)/C(=C/c3cn(CC(=O)NC4CCCC4)c4ccccc34)N(CC(=O)OC)C2=S)cc1. The van der Waals surface area contributed by atoms with E-state index in [0.29, 0.717) is 18.0 Å². The standard InChI is InChI=1S/C30H32N4O5S/c1-3-39-23-14-12-22(13-15-23)34-29(37)26(33(30(34)40)19-28(36)38-2)16-20-17-32(25-11-7-6-10-24(20)25)18-27(35)31-21-8-4-5-9-21/h6-7,10-17,21H,3-5,8-9,18-19H2,1-2H3,(H,31,35)/b26-16-. The van der Waals surface area contributed by atoms with E-state index in [-0.39, 0.29) is 41.8 Å². The normalized spacial score (nSPS) is 16.8. The van der Waals surface area contributed by atoms with Crippen LogP contribution < -0.4 is 15.0 Å². The minimum atomic E-state index is -0.527. The molecule has 1 N–H and O–H groups in total. The molecule has 9 nitrogen and oxygen atoms in total. The molecule has 0 bridgehead atoms. The van der Waals surface area contributed by atoms with Gasteiger partial charge in [-0.2, -0.15) is 0 Å². The number of anilines is 1. The number of methoxy groups -OCH3 is 1. The summed E-state index contributed by atoms with van der Waals surface area (Å²) >= 11 is 5.68. The number of hydrogen-bond acceptors (Lipinski definition) is 6.